The Morgan fingerprint density at radius 3 is 1.40 bits per heavy atom. The minimum atomic E-state index is -3.61. The van der Waals surface area contributed by atoms with Gasteiger partial charge in [-0.3, -0.25) is 0 Å². The number of hydrogen-bond acceptors (Lipinski definition) is 10. The van der Waals surface area contributed by atoms with Crippen LogP contribution in [0.3, 0.4) is 0 Å². The van der Waals surface area contributed by atoms with E-state index in [0.717, 1.165) is 34.5 Å². The third-order valence-electron chi connectivity index (χ3n) is 11.2. The van der Waals surface area contributed by atoms with E-state index in [4.69, 9.17) is 56.4 Å². The summed E-state index contributed by atoms with van der Waals surface area (Å²) >= 11 is 27.1. The Hall–Kier alpha value is -3.28. The molecule has 0 saturated carbocycles. The lowest BCUT2D eigenvalue weighted by atomic mass is 9.99. The van der Waals surface area contributed by atoms with Crippen LogP contribution in [0.4, 0.5) is 10.3 Å². The topological polar surface area (TPSA) is 107 Å². The number of aromatic nitrogens is 2. The number of sulfonamides is 2. The number of thiazole rings is 2. The zero-order valence-electron chi connectivity index (χ0n) is 34.6. The zero-order valence-corrected chi connectivity index (χ0v) is 40.9. The van der Waals surface area contributed by atoms with E-state index in [1.165, 1.54) is 78.4 Å². The molecule has 0 spiro atoms. The normalized spacial score (nSPS) is 15.4. The summed E-state index contributed by atoms with van der Waals surface area (Å²) < 4.78 is 54.8. The molecule has 0 radical (unpaired) electrons. The predicted molar refractivity (Wildman–Crippen MR) is 257 cm³/mol. The van der Waals surface area contributed by atoms with Crippen molar-refractivity contribution in [3.63, 3.8) is 0 Å². The van der Waals surface area contributed by atoms with Crippen LogP contribution in [0.15, 0.2) is 93.3 Å². The number of halogens is 4. The van der Waals surface area contributed by atoms with Crippen molar-refractivity contribution in [1.82, 2.24) is 18.6 Å². The second-order valence-corrected chi connectivity index (χ2v) is 22.4. The predicted octanol–water partition coefficient (Wildman–Crippen LogP) is 10.3. The molecule has 18 heteroatoms. The molecule has 0 unspecified atom stereocenters. The second-order valence-electron chi connectivity index (χ2n) is 15.3. The first-order valence-corrected chi connectivity index (χ1v) is 26.1. The highest BCUT2D eigenvalue weighted by Crippen LogP contribution is 2.31. The highest BCUT2D eigenvalue weighted by atomic mass is 35.5. The summed E-state index contributed by atoms with van der Waals surface area (Å²) in [6, 6.07) is 21.5. The molecule has 2 aliphatic rings. The van der Waals surface area contributed by atoms with Crippen LogP contribution in [-0.2, 0) is 32.9 Å². The van der Waals surface area contributed by atoms with Gasteiger partial charge in [-0.05, 0) is 97.5 Å². The fourth-order valence-electron chi connectivity index (χ4n) is 7.37. The van der Waals surface area contributed by atoms with Crippen LogP contribution in [0.25, 0.3) is 0 Å². The van der Waals surface area contributed by atoms with Gasteiger partial charge in [0.15, 0.2) is 10.3 Å². The largest absolute Gasteiger partial charge is 0.345 e. The summed E-state index contributed by atoms with van der Waals surface area (Å²) in [6.07, 6.45) is 1.61. The van der Waals surface area contributed by atoms with Crippen LogP contribution in [0.5, 0.6) is 0 Å². The highest BCUT2D eigenvalue weighted by Gasteiger charge is 2.31. The van der Waals surface area contributed by atoms with Crippen LogP contribution in [0, 0.1) is 27.7 Å². The zero-order chi connectivity index (χ0) is 44.3. The summed E-state index contributed by atoms with van der Waals surface area (Å²) in [5.41, 5.74) is 9.82. The molecule has 8 rings (SSSR count). The molecule has 6 aromatic rings. The lowest BCUT2D eigenvalue weighted by Gasteiger charge is -2.33. The lowest BCUT2D eigenvalue weighted by Crippen LogP contribution is -2.48. The van der Waals surface area contributed by atoms with Gasteiger partial charge >= 0.3 is 0 Å². The van der Waals surface area contributed by atoms with Crippen molar-refractivity contribution in [2.75, 3.05) is 62.2 Å². The highest BCUT2D eigenvalue weighted by molar-refractivity contribution is 7.89. The SMILES string of the molecule is Cc1cccc(C)c1Cc1csc(N2CCN(S(=O)(=O)c3ccc(Cl)c(Cl)c3)CC2)n1.Cc1cccc(Cc2csc(N3CCN(S(=O)(=O)c4ccc(Cl)c(Cl)c4)CC3)n2)c1C. The molecule has 4 heterocycles. The van der Waals surface area contributed by atoms with Crippen LogP contribution in [-0.4, -0.2) is 87.8 Å². The van der Waals surface area contributed by atoms with Crippen molar-refractivity contribution >= 4 is 99.4 Å². The van der Waals surface area contributed by atoms with Crippen molar-refractivity contribution in [2.45, 2.75) is 50.3 Å². The molecule has 2 saturated heterocycles. The Balaban J connectivity index is 0.000000186. The Bertz CT molecular complexity index is 2760. The Morgan fingerprint density at radius 2 is 0.952 bits per heavy atom. The summed E-state index contributed by atoms with van der Waals surface area (Å²) in [7, 11) is -7.21. The summed E-state index contributed by atoms with van der Waals surface area (Å²) in [6.45, 7) is 12.5. The van der Waals surface area contributed by atoms with Gasteiger partial charge in [0, 0.05) is 76.0 Å². The summed E-state index contributed by atoms with van der Waals surface area (Å²) in [5, 5.41) is 7.22. The first kappa shape index (κ1) is 46.7. The molecule has 328 valence electrons. The number of piperazine rings is 2. The molecule has 2 aliphatic heterocycles. The van der Waals surface area contributed by atoms with Gasteiger partial charge in [-0.25, -0.2) is 26.8 Å². The van der Waals surface area contributed by atoms with E-state index in [2.05, 4.69) is 84.7 Å². The van der Waals surface area contributed by atoms with E-state index in [1.807, 2.05) is 0 Å². The Labute approximate surface area is 392 Å². The fourth-order valence-corrected chi connectivity index (χ4v) is 12.7. The van der Waals surface area contributed by atoms with Crippen LogP contribution in [0.1, 0.15) is 44.8 Å². The van der Waals surface area contributed by atoms with E-state index in [1.54, 1.807) is 22.7 Å². The smallest absolute Gasteiger partial charge is 0.243 e. The molecule has 0 atom stereocenters. The molecule has 62 heavy (non-hydrogen) atoms. The molecule has 4 aromatic carbocycles. The van der Waals surface area contributed by atoms with Crippen molar-refractivity contribution in [2.24, 2.45) is 0 Å². The van der Waals surface area contributed by atoms with E-state index in [9.17, 15) is 16.8 Å². The van der Waals surface area contributed by atoms with E-state index >= 15 is 0 Å². The van der Waals surface area contributed by atoms with E-state index < -0.39 is 20.0 Å². The number of nitrogens with zero attached hydrogens (tertiary/aromatic N) is 6. The van der Waals surface area contributed by atoms with Crippen molar-refractivity contribution in [1.29, 1.82) is 0 Å². The molecule has 0 N–H and O–H groups in total. The maximum Gasteiger partial charge on any atom is 0.243 e. The molecule has 2 fully saturated rings. The number of anilines is 2. The van der Waals surface area contributed by atoms with Crippen molar-refractivity contribution in [3.8, 4) is 0 Å². The molecular formula is C44H46Cl4N6O4S4. The van der Waals surface area contributed by atoms with Crippen molar-refractivity contribution in [3.05, 3.63) is 148 Å². The molecular weight excluding hydrogens is 947 g/mol. The standard InChI is InChI=1S/2C22H23Cl2N3O2S2/c1-15-4-3-5-17(16(15)2)12-18-14-30-22(25-18)26-8-10-27(11-9-26)31(28,29)19-6-7-20(23)21(24)13-19;1-15-4-3-5-16(2)19(15)12-17-14-30-22(25-17)26-8-10-27(11-9-26)31(28,29)18-6-7-20(23)21(24)13-18/h2*3-7,13-14H,8-12H2,1-2H3. The van der Waals surface area contributed by atoms with E-state index in [0.29, 0.717) is 62.4 Å². The van der Waals surface area contributed by atoms with Gasteiger partial charge in [-0.15, -0.1) is 22.7 Å². The quantitative estimate of drug-likeness (QED) is 0.134. The maximum absolute atomic E-state index is 13.0. The fraction of sp³-hybridized carbons (Fsp3) is 0.318. The summed E-state index contributed by atoms with van der Waals surface area (Å²) in [4.78, 5) is 14.3. The molecule has 2 aromatic heterocycles. The average molecular weight is 993 g/mol. The Morgan fingerprint density at radius 1 is 0.532 bits per heavy atom. The number of hydrogen-bond donors (Lipinski definition) is 0. The monoisotopic (exact) mass is 990 g/mol. The number of rotatable bonds is 10. The van der Waals surface area contributed by atoms with Crippen LogP contribution < -0.4 is 9.80 Å². The third kappa shape index (κ3) is 10.6. The lowest BCUT2D eigenvalue weighted by molar-refractivity contribution is 0.384. The first-order valence-electron chi connectivity index (χ1n) is 19.9. The second kappa shape index (κ2) is 19.9. The van der Waals surface area contributed by atoms with Gasteiger partial charge in [0.2, 0.25) is 20.0 Å². The average Bonchev–Trinajstić information content (AvgIpc) is 3.93. The van der Waals surface area contributed by atoms with Gasteiger partial charge in [-0.1, -0.05) is 82.8 Å². The number of aryl methyl sites for hydroxylation is 3. The van der Waals surface area contributed by atoms with E-state index in [-0.39, 0.29) is 19.8 Å². The van der Waals surface area contributed by atoms with Gasteiger partial charge in [0.1, 0.15) is 0 Å². The molecule has 0 aliphatic carbocycles. The summed E-state index contributed by atoms with van der Waals surface area (Å²) in [5.74, 6) is 0. The molecule has 10 nitrogen and oxygen atoms in total. The van der Waals surface area contributed by atoms with Gasteiger partial charge in [-0.2, -0.15) is 8.61 Å². The first-order chi connectivity index (χ1) is 29.5. The van der Waals surface area contributed by atoms with Crippen LogP contribution >= 0.6 is 69.1 Å². The molecule has 0 bridgehead atoms. The minimum Gasteiger partial charge on any atom is -0.345 e. The number of benzene rings is 4. The van der Waals surface area contributed by atoms with Gasteiger partial charge < -0.3 is 9.80 Å². The van der Waals surface area contributed by atoms with Crippen LogP contribution in [0.2, 0.25) is 20.1 Å². The van der Waals surface area contributed by atoms with Gasteiger partial charge in [0.25, 0.3) is 0 Å². The Kier molecular flexibility index (Phi) is 15.0. The van der Waals surface area contributed by atoms with Gasteiger partial charge in [0.05, 0.1) is 41.3 Å². The minimum absolute atomic E-state index is 0.167. The maximum atomic E-state index is 13.0. The third-order valence-corrected chi connectivity index (χ3v) is 18.4. The molecule has 0 amide bonds. The van der Waals surface area contributed by atoms with Crippen molar-refractivity contribution < 1.29 is 16.8 Å².